The molecular weight excluding hydrogens is 308 g/mol. The summed E-state index contributed by atoms with van der Waals surface area (Å²) in [5, 5.41) is 2.61. The third-order valence-corrected chi connectivity index (χ3v) is 4.23. The highest BCUT2D eigenvalue weighted by atomic mass is 16.5. The summed E-state index contributed by atoms with van der Waals surface area (Å²) < 4.78 is 5.16. The van der Waals surface area contributed by atoms with Gasteiger partial charge in [-0.05, 0) is 51.3 Å². The summed E-state index contributed by atoms with van der Waals surface area (Å²) in [6.07, 6.45) is 3.06. The van der Waals surface area contributed by atoms with Crippen LogP contribution in [0.15, 0.2) is 24.3 Å². The van der Waals surface area contributed by atoms with E-state index >= 15 is 0 Å². The molecule has 6 heteroatoms. The molecule has 24 heavy (non-hydrogen) atoms. The fraction of sp³-hybridized carbons (Fsp3) is 0.500. The molecule has 1 fully saturated rings. The fourth-order valence-corrected chi connectivity index (χ4v) is 3.13. The Balaban J connectivity index is 1.95. The first-order valence-corrected chi connectivity index (χ1v) is 8.24. The minimum Gasteiger partial charge on any atom is -0.452 e. The van der Waals surface area contributed by atoms with Crippen LogP contribution in [-0.2, 0) is 14.3 Å². The number of rotatable bonds is 4. The van der Waals surface area contributed by atoms with Crippen LogP contribution in [0.4, 0.5) is 5.69 Å². The van der Waals surface area contributed by atoms with Crippen molar-refractivity contribution in [1.29, 1.82) is 0 Å². The van der Waals surface area contributed by atoms with Crippen LogP contribution in [0.5, 0.6) is 0 Å². The Morgan fingerprint density at radius 3 is 2.50 bits per heavy atom. The maximum atomic E-state index is 12.4. The second-order valence-electron chi connectivity index (χ2n) is 6.27. The molecule has 2 rings (SSSR count). The number of hydrogen-bond acceptors (Lipinski definition) is 4. The Bertz CT molecular complexity index is 619. The zero-order chi connectivity index (χ0) is 17.7. The van der Waals surface area contributed by atoms with Crippen molar-refractivity contribution in [3.05, 3.63) is 29.8 Å². The van der Waals surface area contributed by atoms with Crippen LogP contribution in [0.25, 0.3) is 0 Å². The van der Waals surface area contributed by atoms with Crippen LogP contribution in [0, 0.1) is 0 Å². The number of anilines is 1. The molecule has 1 aliphatic heterocycles. The number of ether oxygens (including phenoxy) is 1. The van der Waals surface area contributed by atoms with E-state index in [4.69, 9.17) is 4.74 Å². The maximum Gasteiger partial charge on any atom is 0.338 e. The molecule has 2 atom stereocenters. The average Bonchev–Trinajstić information content (AvgIpc) is 2.52. The topological polar surface area (TPSA) is 75.7 Å². The predicted molar refractivity (Wildman–Crippen MR) is 90.6 cm³/mol. The molecule has 1 aliphatic rings. The number of piperidine rings is 1. The largest absolute Gasteiger partial charge is 0.452 e. The molecular formula is C18H24N2O4. The Morgan fingerprint density at radius 1 is 1.21 bits per heavy atom. The van der Waals surface area contributed by atoms with Gasteiger partial charge in [0.2, 0.25) is 5.91 Å². The molecule has 0 spiro atoms. The van der Waals surface area contributed by atoms with Crippen LogP contribution in [0.3, 0.4) is 0 Å². The van der Waals surface area contributed by atoms with Gasteiger partial charge in [0.1, 0.15) is 0 Å². The van der Waals surface area contributed by atoms with E-state index in [1.54, 1.807) is 18.2 Å². The van der Waals surface area contributed by atoms with Gasteiger partial charge in [0.05, 0.1) is 5.56 Å². The maximum absolute atomic E-state index is 12.4. The van der Waals surface area contributed by atoms with Crippen molar-refractivity contribution >= 4 is 23.5 Å². The lowest BCUT2D eigenvalue weighted by Crippen LogP contribution is -2.49. The van der Waals surface area contributed by atoms with Crippen LogP contribution in [0.2, 0.25) is 0 Å². The molecule has 1 aromatic carbocycles. The van der Waals surface area contributed by atoms with Gasteiger partial charge >= 0.3 is 5.97 Å². The first kappa shape index (κ1) is 18.0. The lowest BCUT2D eigenvalue weighted by atomic mass is 9.97. The number of esters is 1. The number of nitrogens with one attached hydrogen (secondary N) is 1. The zero-order valence-corrected chi connectivity index (χ0v) is 14.4. The second-order valence-corrected chi connectivity index (χ2v) is 6.27. The molecule has 0 radical (unpaired) electrons. The van der Waals surface area contributed by atoms with Gasteiger partial charge in [0.25, 0.3) is 5.91 Å². The minimum atomic E-state index is -0.576. The van der Waals surface area contributed by atoms with Gasteiger partial charge in [0.15, 0.2) is 6.61 Å². The van der Waals surface area contributed by atoms with Gasteiger partial charge < -0.3 is 15.0 Å². The van der Waals surface area contributed by atoms with Crippen molar-refractivity contribution in [3.8, 4) is 0 Å². The van der Waals surface area contributed by atoms with Crippen LogP contribution in [0.1, 0.15) is 50.4 Å². The highest BCUT2D eigenvalue weighted by molar-refractivity contribution is 5.94. The minimum absolute atomic E-state index is 0.166. The van der Waals surface area contributed by atoms with Gasteiger partial charge in [-0.25, -0.2) is 4.79 Å². The molecule has 0 bridgehead atoms. The quantitative estimate of drug-likeness (QED) is 0.860. The van der Waals surface area contributed by atoms with Gasteiger partial charge in [0, 0.05) is 24.7 Å². The van der Waals surface area contributed by atoms with E-state index in [9.17, 15) is 14.4 Å². The van der Waals surface area contributed by atoms with E-state index in [2.05, 4.69) is 5.32 Å². The SMILES string of the molecule is CC(=O)Nc1cccc(C(=O)OCC(=O)N2[C@@H](C)CCC[C@@H]2C)c1. The number of carbonyl (C=O) groups is 3. The van der Waals surface area contributed by atoms with E-state index < -0.39 is 5.97 Å². The number of benzene rings is 1. The molecule has 0 unspecified atom stereocenters. The highest BCUT2D eigenvalue weighted by Gasteiger charge is 2.29. The molecule has 2 amide bonds. The second kappa shape index (κ2) is 7.95. The number of hydrogen-bond donors (Lipinski definition) is 1. The first-order valence-electron chi connectivity index (χ1n) is 8.24. The smallest absolute Gasteiger partial charge is 0.338 e. The van der Waals surface area contributed by atoms with E-state index in [0.29, 0.717) is 11.3 Å². The summed E-state index contributed by atoms with van der Waals surface area (Å²) >= 11 is 0. The fourth-order valence-electron chi connectivity index (χ4n) is 3.13. The summed E-state index contributed by atoms with van der Waals surface area (Å²) in [7, 11) is 0. The number of nitrogens with zero attached hydrogens (tertiary/aromatic N) is 1. The van der Waals surface area contributed by atoms with Crippen molar-refractivity contribution in [2.24, 2.45) is 0 Å². The van der Waals surface area contributed by atoms with Crippen molar-refractivity contribution in [3.63, 3.8) is 0 Å². The van der Waals surface area contributed by atoms with Crippen LogP contribution < -0.4 is 5.32 Å². The van der Waals surface area contributed by atoms with Crippen molar-refractivity contribution in [2.45, 2.75) is 52.1 Å². The molecule has 0 aromatic heterocycles. The predicted octanol–water partition coefficient (Wildman–Crippen LogP) is 2.59. The summed E-state index contributed by atoms with van der Waals surface area (Å²) in [6.45, 7) is 5.17. The standard InChI is InChI=1S/C18H24N2O4/c1-12-6-4-7-13(2)20(12)17(22)11-24-18(23)15-8-5-9-16(10-15)19-14(3)21/h5,8-10,12-13H,4,6-7,11H2,1-3H3,(H,19,21)/t12-,13-/m0/s1. The third-order valence-electron chi connectivity index (χ3n) is 4.23. The normalized spacial score (nSPS) is 20.4. The molecule has 6 nitrogen and oxygen atoms in total. The van der Waals surface area contributed by atoms with Crippen molar-refractivity contribution < 1.29 is 19.1 Å². The van der Waals surface area contributed by atoms with Crippen LogP contribution in [-0.4, -0.2) is 41.4 Å². The van der Waals surface area contributed by atoms with Crippen molar-refractivity contribution in [2.75, 3.05) is 11.9 Å². The van der Waals surface area contributed by atoms with Gasteiger partial charge in [-0.2, -0.15) is 0 Å². The van der Waals surface area contributed by atoms with E-state index in [0.717, 1.165) is 19.3 Å². The van der Waals surface area contributed by atoms with E-state index in [-0.39, 0.29) is 30.5 Å². The molecule has 130 valence electrons. The molecule has 1 N–H and O–H groups in total. The Labute approximate surface area is 142 Å². The van der Waals surface area contributed by atoms with Gasteiger partial charge in [-0.1, -0.05) is 6.07 Å². The Hall–Kier alpha value is -2.37. The summed E-state index contributed by atoms with van der Waals surface area (Å²) in [4.78, 5) is 37.4. The van der Waals surface area contributed by atoms with E-state index in [1.165, 1.54) is 13.0 Å². The first-order chi connectivity index (χ1) is 11.4. The zero-order valence-electron chi connectivity index (χ0n) is 14.4. The third kappa shape index (κ3) is 4.57. The molecule has 0 saturated carbocycles. The highest BCUT2D eigenvalue weighted by Crippen LogP contribution is 2.22. The average molecular weight is 332 g/mol. The summed E-state index contributed by atoms with van der Waals surface area (Å²) in [5.74, 6) is -0.960. The summed E-state index contributed by atoms with van der Waals surface area (Å²) in [5.41, 5.74) is 0.815. The van der Waals surface area contributed by atoms with Crippen LogP contribution >= 0.6 is 0 Å². The Morgan fingerprint density at radius 2 is 1.88 bits per heavy atom. The molecule has 1 saturated heterocycles. The summed E-state index contributed by atoms with van der Waals surface area (Å²) in [6, 6.07) is 6.79. The number of amides is 2. The van der Waals surface area contributed by atoms with E-state index in [1.807, 2.05) is 18.7 Å². The number of carbonyl (C=O) groups excluding carboxylic acids is 3. The van der Waals surface area contributed by atoms with Crippen molar-refractivity contribution in [1.82, 2.24) is 4.90 Å². The lowest BCUT2D eigenvalue weighted by molar-refractivity contribution is -0.140. The molecule has 1 heterocycles. The monoisotopic (exact) mass is 332 g/mol. The molecule has 1 aromatic rings. The van der Waals surface area contributed by atoms with Gasteiger partial charge in [-0.15, -0.1) is 0 Å². The Kier molecular flexibility index (Phi) is 5.95. The molecule has 0 aliphatic carbocycles. The number of likely N-dealkylation sites (tertiary alicyclic amines) is 1. The van der Waals surface area contributed by atoms with Gasteiger partial charge in [-0.3, -0.25) is 9.59 Å². The lowest BCUT2D eigenvalue weighted by Gasteiger charge is -2.38.